The van der Waals surface area contributed by atoms with Gasteiger partial charge in [0.2, 0.25) is 0 Å². The smallest absolute Gasteiger partial charge is 0.255 e. The summed E-state index contributed by atoms with van der Waals surface area (Å²) in [5.74, 6) is -0.345. The van der Waals surface area contributed by atoms with Gasteiger partial charge in [-0.25, -0.2) is 0 Å². The van der Waals surface area contributed by atoms with Crippen molar-refractivity contribution in [2.75, 3.05) is 5.32 Å². The van der Waals surface area contributed by atoms with E-state index in [1.807, 2.05) is 6.07 Å². The van der Waals surface area contributed by atoms with Crippen LogP contribution in [0.2, 0.25) is 5.02 Å². The molecule has 5 heteroatoms. The Labute approximate surface area is 114 Å². The van der Waals surface area contributed by atoms with Gasteiger partial charge in [-0.1, -0.05) is 17.7 Å². The molecule has 0 fully saturated rings. The fourth-order valence-electron chi connectivity index (χ4n) is 1.53. The molecule has 0 saturated heterocycles. The minimum atomic E-state index is -0.364. The number of amides is 1. The van der Waals surface area contributed by atoms with Crippen LogP contribution in [0.15, 0.2) is 42.5 Å². The number of carbonyl (C=O) groups is 1. The Morgan fingerprint density at radius 2 is 2.05 bits per heavy atom. The summed E-state index contributed by atoms with van der Waals surface area (Å²) >= 11 is 5.87. The molecule has 19 heavy (non-hydrogen) atoms. The van der Waals surface area contributed by atoms with Gasteiger partial charge in [0.1, 0.15) is 11.8 Å². The first-order valence-corrected chi connectivity index (χ1v) is 5.78. The molecule has 0 aliphatic heterocycles. The van der Waals surface area contributed by atoms with Gasteiger partial charge in [-0.2, -0.15) is 5.26 Å². The van der Waals surface area contributed by atoms with E-state index >= 15 is 0 Å². The Morgan fingerprint density at radius 3 is 2.68 bits per heavy atom. The molecule has 0 unspecified atom stereocenters. The molecule has 0 aromatic heterocycles. The number of carbonyl (C=O) groups excluding carboxylic acids is 1. The van der Waals surface area contributed by atoms with E-state index in [2.05, 4.69) is 5.32 Å². The van der Waals surface area contributed by atoms with E-state index in [9.17, 15) is 9.90 Å². The zero-order valence-corrected chi connectivity index (χ0v) is 10.5. The van der Waals surface area contributed by atoms with Gasteiger partial charge >= 0.3 is 0 Å². The highest BCUT2D eigenvalue weighted by Crippen LogP contribution is 2.21. The monoisotopic (exact) mass is 272 g/mol. The van der Waals surface area contributed by atoms with E-state index in [1.54, 1.807) is 18.2 Å². The number of benzene rings is 2. The number of hydrogen-bond donors (Lipinski definition) is 2. The number of nitrogens with one attached hydrogen (secondary N) is 1. The van der Waals surface area contributed by atoms with Gasteiger partial charge in [-0.3, -0.25) is 4.79 Å². The summed E-state index contributed by atoms with van der Waals surface area (Å²) in [5, 5.41) is 21.0. The average Bonchev–Trinajstić information content (AvgIpc) is 2.39. The average molecular weight is 273 g/mol. The summed E-state index contributed by atoms with van der Waals surface area (Å²) < 4.78 is 0. The zero-order valence-electron chi connectivity index (χ0n) is 9.72. The Morgan fingerprint density at radius 1 is 1.26 bits per heavy atom. The van der Waals surface area contributed by atoms with Crippen molar-refractivity contribution >= 4 is 23.2 Å². The maximum Gasteiger partial charge on any atom is 0.255 e. The van der Waals surface area contributed by atoms with Crippen molar-refractivity contribution in [3.63, 3.8) is 0 Å². The van der Waals surface area contributed by atoms with Gasteiger partial charge in [-0.05, 0) is 36.4 Å². The first-order chi connectivity index (χ1) is 9.10. The van der Waals surface area contributed by atoms with Crippen LogP contribution in [-0.4, -0.2) is 11.0 Å². The minimum Gasteiger partial charge on any atom is -0.508 e. The van der Waals surface area contributed by atoms with Crippen molar-refractivity contribution in [2.24, 2.45) is 0 Å². The topological polar surface area (TPSA) is 73.1 Å². The summed E-state index contributed by atoms with van der Waals surface area (Å²) in [4.78, 5) is 11.9. The lowest BCUT2D eigenvalue weighted by Crippen LogP contribution is -2.11. The third kappa shape index (κ3) is 3.03. The highest BCUT2D eigenvalue weighted by molar-refractivity contribution is 6.32. The Balaban J connectivity index is 2.20. The zero-order chi connectivity index (χ0) is 13.8. The van der Waals surface area contributed by atoms with Gasteiger partial charge in [0, 0.05) is 11.3 Å². The van der Waals surface area contributed by atoms with E-state index in [-0.39, 0.29) is 16.7 Å². The van der Waals surface area contributed by atoms with Crippen LogP contribution in [0.5, 0.6) is 5.75 Å². The van der Waals surface area contributed by atoms with Crippen LogP contribution in [0.25, 0.3) is 0 Å². The molecule has 0 spiro atoms. The maximum atomic E-state index is 11.9. The van der Waals surface area contributed by atoms with Gasteiger partial charge in [0.25, 0.3) is 5.91 Å². The Hall–Kier alpha value is -2.51. The molecule has 0 bridgehead atoms. The standard InChI is InChI=1S/C14H9ClN2O2/c15-13-7-11(5-4-10(13)8-16)17-14(19)9-2-1-3-12(18)6-9/h1-7,18H,(H,17,19). The predicted octanol–water partition coefficient (Wildman–Crippen LogP) is 3.17. The summed E-state index contributed by atoms with van der Waals surface area (Å²) in [7, 11) is 0. The fraction of sp³-hybridized carbons (Fsp3) is 0. The van der Waals surface area contributed by atoms with Crippen LogP contribution in [0.4, 0.5) is 5.69 Å². The molecule has 0 radical (unpaired) electrons. The van der Waals surface area contributed by atoms with Crippen molar-refractivity contribution in [3.8, 4) is 11.8 Å². The largest absolute Gasteiger partial charge is 0.508 e. The van der Waals surface area contributed by atoms with Crippen molar-refractivity contribution in [1.29, 1.82) is 5.26 Å². The second kappa shape index (κ2) is 5.42. The molecule has 2 aromatic carbocycles. The molecule has 2 N–H and O–H groups in total. The minimum absolute atomic E-state index is 0.0190. The highest BCUT2D eigenvalue weighted by Gasteiger charge is 2.08. The molecule has 0 heterocycles. The van der Waals surface area contributed by atoms with Crippen molar-refractivity contribution in [1.82, 2.24) is 0 Å². The van der Waals surface area contributed by atoms with Crippen LogP contribution < -0.4 is 5.32 Å². The highest BCUT2D eigenvalue weighted by atomic mass is 35.5. The molecular weight excluding hydrogens is 264 g/mol. The number of anilines is 1. The number of nitrogens with zero attached hydrogens (tertiary/aromatic N) is 1. The lowest BCUT2D eigenvalue weighted by molar-refractivity contribution is 0.102. The van der Waals surface area contributed by atoms with E-state index in [1.165, 1.54) is 24.3 Å². The summed E-state index contributed by atoms with van der Waals surface area (Å²) in [6, 6.07) is 12.6. The van der Waals surface area contributed by atoms with Crippen LogP contribution in [0, 0.1) is 11.3 Å². The van der Waals surface area contributed by atoms with Gasteiger partial charge < -0.3 is 10.4 Å². The van der Waals surface area contributed by atoms with E-state index in [0.717, 1.165) is 0 Å². The lowest BCUT2D eigenvalue weighted by atomic mass is 10.2. The first kappa shape index (κ1) is 12.9. The number of rotatable bonds is 2. The quantitative estimate of drug-likeness (QED) is 0.882. The molecule has 94 valence electrons. The molecular formula is C14H9ClN2O2. The third-order valence-corrected chi connectivity index (χ3v) is 2.77. The number of halogens is 1. The molecule has 0 aliphatic carbocycles. The van der Waals surface area contributed by atoms with Crippen molar-refractivity contribution in [3.05, 3.63) is 58.6 Å². The molecule has 1 amide bonds. The molecule has 2 rings (SSSR count). The number of nitriles is 1. The van der Waals surface area contributed by atoms with Gasteiger partial charge in [0.15, 0.2) is 0 Å². The van der Waals surface area contributed by atoms with E-state index < -0.39 is 0 Å². The second-order valence-corrected chi connectivity index (χ2v) is 4.22. The van der Waals surface area contributed by atoms with Crippen molar-refractivity contribution < 1.29 is 9.90 Å². The first-order valence-electron chi connectivity index (χ1n) is 5.40. The van der Waals surface area contributed by atoms with E-state index in [0.29, 0.717) is 16.8 Å². The van der Waals surface area contributed by atoms with Crippen molar-refractivity contribution in [2.45, 2.75) is 0 Å². The van der Waals surface area contributed by atoms with Gasteiger partial charge in [0.05, 0.1) is 10.6 Å². The predicted molar refractivity (Wildman–Crippen MR) is 72.2 cm³/mol. The fourth-order valence-corrected chi connectivity index (χ4v) is 1.76. The Bertz CT molecular complexity index is 677. The Kier molecular flexibility index (Phi) is 3.69. The lowest BCUT2D eigenvalue weighted by Gasteiger charge is -2.06. The molecule has 0 atom stereocenters. The number of phenolic OH excluding ortho intramolecular Hbond substituents is 1. The number of hydrogen-bond acceptors (Lipinski definition) is 3. The second-order valence-electron chi connectivity index (χ2n) is 3.81. The number of aromatic hydroxyl groups is 1. The number of phenols is 1. The molecule has 0 saturated carbocycles. The molecule has 0 aliphatic rings. The summed E-state index contributed by atoms with van der Waals surface area (Å²) in [5.41, 5.74) is 1.16. The summed E-state index contributed by atoms with van der Waals surface area (Å²) in [6.07, 6.45) is 0. The third-order valence-electron chi connectivity index (χ3n) is 2.46. The SMILES string of the molecule is N#Cc1ccc(NC(=O)c2cccc(O)c2)cc1Cl. The van der Waals surface area contributed by atoms with Crippen LogP contribution in [-0.2, 0) is 0 Å². The van der Waals surface area contributed by atoms with Crippen LogP contribution >= 0.6 is 11.6 Å². The van der Waals surface area contributed by atoms with Gasteiger partial charge in [-0.15, -0.1) is 0 Å². The van der Waals surface area contributed by atoms with Crippen LogP contribution in [0.1, 0.15) is 15.9 Å². The summed E-state index contributed by atoms with van der Waals surface area (Å²) in [6.45, 7) is 0. The molecule has 4 nitrogen and oxygen atoms in total. The maximum absolute atomic E-state index is 11.9. The van der Waals surface area contributed by atoms with E-state index in [4.69, 9.17) is 16.9 Å². The van der Waals surface area contributed by atoms with Crippen LogP contribution in [0.3, 0.4) is 0 Å². The normalized spacial score (nSPS) is 9.68. The molecule has 2 aromatic rings.